The summed E-state index contributed by atoms with van der Waals surface area (Å²) in [7, 11) is 0. The van der Waals surface area contributed by atoms with Gasteiger partial charge in [0.2, 0.25) is 0 Å². The maximum Gasteiger partial charge on any atom is 0.306 e. The van der Waals surface area contributed by atoms with Gasteiger partial charge in [-0.15, -0.1) is 0 Å². The zero-order valence-electron chi connectivity index (χ0n) is 18.7. The summed E-state index contributed by atoms with van der Waals surface area (Å²) in [5, 5.41) is 14.8. The minimum Gasteiger partial charge on any atom is -0.481 e. The van der Waals surface area contributed by atoms with Gasteiger partial charge in [0.25, 0.3) is 5.91 Å². The first-order chi connectivity index (χ1) is 16.5. The molecule has 0 spiro atoms. The fourth-order valence-corrected chi connectivity index (χ4v) is 5.16. The monoisotopic (exact) mass is 475 g/mol. The van der Waals surface area contributed by atoms with Crippen molar-refractivity contribution in [2.24, 2.45) is 11.8 Å². The van der Waals surface area contributed by atoms with Crippen LogP contribution >= 0.6 is 11.6 Å². The molecule has 0 radical (unpaired) electrons. The Hall–Kier alpha value is -3.38. The van der Waals surface area contributed by atoms with E-state index < -0.39 is 5.97 Å². The number of hydrogen-bond donors (Lipinski definition) is 2. The van der Waals surface area contributed by atoms with Crippen molar-refractivity contribution in [2.45, 2.75) is 32.2 Å². The molecule has 0 bridgehead atoms. The van der Waals surface area contributed by atoms with E-state index in [4.69, 9.17) is 16.6 Å². The Bertz CT molecular complexity index is 1370. The molecule has 1 aliphatic rings. The van der Waals surface area contributed by atoms with Crippen molar-refractivity contribution in [3.05, 3.63) is 77.1 Å². The van der Waals surface area contributed by atoms with E-state index in [0.717, 1.165) is 40.3 Å². The van der Waals surface area contributed by atoms with Crippen molar-refractivity contribution < 1.29 is 14.7 Å². The Morgan fingerprint density at radius 3 is 2.62 bits per heavy atom. The van der Waals surface area contributed by atoms with Crippen molar-refractivity contribution >= 4 is 45.3 Å². The normalized spacial score (nSPS) is 18.3. The molecule has 174 valence electrons. The third kappa shape index (κ3) is 4.64. The molecule has 2 heterocycles. The highest BCUT2D eigenvalue weighted by Gasteiger charge is 2.26. The molecular weight excluding hydrogens is 450 g/mol. The van der Waals surface area contributed by atoms with Gasteiger partial charge < -0.3 is 15.0 Å². The van der Waals surface area contributed by atoms with Gasteiger partial charge in [-0.3, -0.25) is 14.6 Å². The first-order valence-electron chi connectivity index (χ1n) is 11.6. The van der Waals surface area contributed by atoms with Crippen molar-refractivity contribution in [1.82, 2.24) is 14.9 Å². The second-order valence-electron chi connectivity index (χ2n) is 9.10. The SMILES string of the molecule is O=C(NCC1CCC(C(=O)O)CC1)c1cc(Cl)cc2ccn(Cc3ccc4ccccc4n3)c12. The van der Waals surface area contributed by atoms with Gasteiger partial charge >= 0.3 is 5.97 Å². The van der Waals surface area contributed by atoms with Gasteiger partial charge in [-0.1, -0.05) is 35.9 Å². The predicted molar refractivity (Wildman–Crippen MR) is 133 cm³/mol. The number of benzene rings is 2. The number of hydrogen-bond acceptors (Lipinski definition) is 3. The lowest BCUT2D eigenvalue weighted by Crippen LogP contribution is -2.32. The first-order valence-corrected chi connectivity index (χ1v) is 12.0. The Morgan fingerprint density at radius 2 is 1.82 bits per heavy atom. The van der Waals surface area contributed by atoms with Crippen LogP contribution in [0.4, 0.5) is 0 Å². The average Bonchev–Trinajstić information content (AvgIpc) is 3.24. The van der Waals surface area contributed by atoms with Gasteiger partial charge in [-0.25, -0.2) is 0 Å². The largest absolute Gasteiger partial charge is 0.481 e. The predicted octanol–water partition coefficient (Wildman–Crippen LogP) is 5.51. The summed E-state index contributed by atoms with van der Waals surface area (Å²) in [5.41, 5.74) is 3.21. The zero-order chi connectivity index (χ0) is 23.7. The molecule has 1 fully saturated rings. The number of aromatic nitrogens is 2. The van der Waals surface area contributed by atoms with Gasteiger partial charge in [-0.05, 0) is 61.9 Å². The fourth-order valence-electron chi connectivity index (χ4n) is 4.93. The smallest absolute Gasteiger partial charge is 0.306 e. The van der Waals surface area contributed by atoms with E-state index in [1.807, 2.05) is 53.2 Å². The Kier molecular flexibility index (Phi) is 6.24. The number of carbonyl (C=O) groups is 2. The molecule has 7 heteroatoms. The van der Waals surface area contributed by atoms with E-state index in [2.05, 4.69) is 11.4 Å². The van der Waals surface area contributed by atoms with Gasteiger partial charge in [0.1, 0.15) is 0 Å². The number of amides is 1. The number of nitrogens with zero attached hydrogens (tertiary/aromatic N) is 2. The summed E-state index contributed by atoms with van der Waals surface area (Å²) in [6.45, 7) is 1.07. The number of carboxylic acids is 1. The lowest BCUT2D eigenvalue weighted by atomic mass is 9.82. The molecule has 0 atom stereocenters. The van der Waals surface area contributed by atoms with Crippen molar-refractivity contribution in [1.29, 1.82) is 0 Å². The van der Waals surface area contributed by atoms with Gasteiger partial charge in [-0.2, -0.15) is 0 Å². The number of nitrogens with one attached hydrogen (secondary N) is 1. The Balaban J connectivity index is 1.36. The minimum absolute atomic E-state index is 0.167. The summed E-state index contributed by atoms with van der Waals surface area (Å²) < 4.78 is 2.04. The maximum atomic E-state index is 13.2. The quantitative estimate of drug-likeness (QED) is 0.385. The van der Waals surface area contributed by atoms with Crippen LogP contribution in [0, 0.1) is 11.8 Å². The van der Waals surface area contributed by atoms with E-state index in [-0.39, 0.29) is 11.8 Å². The van der Waals surface area contributed by atoms with Crippen LogP contribution in [0.3, 0.4) is 0 Å². The van der Waals surface area contributed by atoms with Crippen molar-refractivity contribution in [3.63, 3.8) is 0 Å². The molecule has 5 rings (SSSR count). The van der Waals surface area contributed by atoms with E-state index >= 15 is 0 Å². The van der Waals surface area contributed by atoms with Gasteiger partial charge in [0.05, 0.1) is 34.8 Å². The number of halogens is 1. The summed E-state index contributed by atoms with van der Waals surface area (Å²) in [6, 6.07) is 17.6. The molecule has 4 aromatic rings. The average molecular weight is 476 g/mol. The second kappa shape index (κ2) is 9.47. The standard InChI is InChI=1S/C27H26ClN3O3/c28-21-13-20-11-12-31(16-22-10-9-18-3-1-2-4-24(18)30-22)25(20)23(14-21)26(32)29-15-17-5-7-19(8-6-17)27(33)34/h1-4,9-14,17,19H,5-8,15-16H2,(H,29,32)(H,33,34). The van der Waals surface area contributed by atoms with E-state index in [0.29, 0.717) is 42.4 Å². The van der Waals surface area contributed by atoms with E-state index in [1.165, 1.54) is 0 Å². The van der Waals surface area contributed by atoms with Crippen molar-refractivity contribution in [2.75, 3.05) is 6.54 Å². The zero-order valence-corrected chi connectivity index (χ0v) is 19.5. The molecule has 1 aliphatic carbocycles. The fraction of sp³-hybridized carbons (Fsp3) is 0.296. The lowest BCUT2D eigenvalue weighted by molar-refractivity contribution is -0.143. The topological polar surface area (TPSA) is 84.2 Å². The molecule has 1 saturated carbocycles. The van der Waals surface area contributed by atoms with Gasteiger partial charge in [0.15, 0.2) is 0 Å². The van der Waals surface area contributed by atoms with Crippen LogP contribution in [0.25, 0.3) is 21.8 Å². The molecule has 2 aromatic carbocycles. The van der Waals surface area contributed by atoms with E-state index in [9.17, 15) is 14.7 Å². The van der Waals surface area contributed by atoms with Crippen LogP contribution in [0.5, 0.6) is 0 Å². The molecule has 2 N–H and O–H groups in total. The number of carboxylic acid groups (broad SMARTS) is 1. The second-order valence-corrected chi connectivity index (χ2v) is 9.53. The highest BCUT2D eigenvalue weighted by Crippen LogP contribution is 2.29. The van der Waals surface area contributed by atoms with Crippen LogP contribution in [-0.2, 0) is 11.3 Å². The molecule has 0 aliphatic heterocycles. The molecular formula is C27H26ClN3O3. The Labute approximate surface area is 202 Å². The third-order valence-electron chi connectivity index (χ3n) is 6.81. The number of fused-ring (bicyclic) bond motifs is 2. The highest BCUT2D eigenvalue weighted by atomic mass is 35.5. The van der Waals surface area contributed by atoms with Crippen LogP contribution in [0.15, 0.2) is 60.8 Å². The summed E-state index contributed by atoms with van der Waals surface area (Å²) in [4.78, 5) is 29.2. The highest BCUT2D eigenvalue weighted by molar-refractivity contribution is 6.32. The number of para-hydroxylation sites is 1. The summed E-state index contributed by atoms with van der Waals surface area (Å²) >= 11 is 6.34. The molecule has 0 unspecified atom stereocenters. The number of aliphatic carboxylic acids is 1. The molecule has 2 aromatic heterocycles. The maximum absolute atomic E-state index is 13.2. The molecule has 34 heavy (non-hydrogen) atoms. The molecule has 0 saturated heterocycles. The van der Waals surface area contributed by atoms with Gasteiger partial charge in [0, 0.05) is 28.5 Å². The van der Waals surface area contributed by atoms with Crippen molar-refractivity contribution in [3.8, 4) is 0 Å². The van der Waals surface area contributed by atoms with Crippen LogP contribution in [0.2, 0.25) is 5.02 Å². The minimum atomic E-state index is -0.717. The van der Waals surface area contributed by atoms with Crippen LogP contribution in [0.1, 0.15) is 41.7 Å². The third-order valence-corrected chi connectivity index (χ3v) is 7.02. The summed E-state index contributed by atoms with van der Waals surface area (Å²) in [5.74, 6) is -0.848. The number of carbonyl (C=O) groups excluding carboxylic acids is 1. The number of pyridine rings is 1. The molecule has 6 nitrogen and oxygen atoms in total. The number of rotatable bonds is 6. The molecule has 1 amide bonds. The van der Waals surface area contributed by atoms with Crippen LogP contribution in [-0.4, -0.2) is 33.1 Å². The first kappa shape index (κ1) is 22.4. The Morgan fingerprint density at radius 1 is 1.03 bits per heavy atom. The lowest BCUT2D eigenvalue weighted by Gasteiger charge is -2.26. The summed E-state index contributed by atoms with van der Waals surface area (Å²) in [6.07, 6.45) is 4.91. The van der Waals surface area contributed by atoms with E-state index in [1.54, 1.807) is 6.07 Å². The van der Waals surface area contributed by atoms with Crippen LogP contribution < -0.4 is 5.32 Å².